The van der Waals surface area contributed by atoms with E-state index in [2.05, 4.69) is 26.6 Å². The molecule has 0 N–H and O–H groups in total. The van der Waals surface area contributed by atoms with Crippen molar-refractivity contribution in [2.24, 2.45) is 0 Å². The normalized spacial score (nSPS) is 12.9. The number of ether oxygens (including phenoxy) is 1. The lowest BCUT2D eigenvalue weighted by atomic mass is 10.1. The summed E-state index contributed by atoms with van der Waals surface area (Å²) >= 11 is 6.40. The van der Waals surface area contributed by atoms with E-state index in [0.29, 0.717) is 11.3 Å². The van der Waals surface area contributed by atoms with Crippen molar-refractivity contribution < 1.29 is 9.53 Å². The van der Waals surface area contributed by atoms with E-state index in [1.165, 1.54) is 5.56 Å². The minimum absolute atomic E-state index is 0.355. The molecule has 17 heavy (non-hydrogen) atoms. The molecule has 0 aliphatic heterocycles. The second kappa shape index (κ2) is 5.51. The van der Waals surface area contributed by atoms with Crippen LogP contribution < -0.4 is 4.74 Å². The molecular weight excluding hydrogens is 252 g/mol. The zero-order chi connectivity index (χ0) is 13.1. The van der Waals surface area contributed by atoms with Gasteiger partial charge in [-0.1, -0.05) is 38.7 Å². The van der Waals surface area contributed by atoms with Crippen LogP contribution in [0.1, 0.15) is 18.0 Å². The first-order valence-corrected chi connectivity index (χ1v) is 9.56. The number of benzene rings is 1. The monoisotopic (exact) mass is 268 g/mol. The van der Waals surface area contributed by atoms with E-state index >= 15 is 0 Å². The Kier molecular flexibility index (Phi) is 4.54. The van der Waals surface area contributed by atoms with Gasteiger partial charge in [0, 0.05) is 6.08 Å². The van der Waals surface area contributed by atoms with E-state index in [-0.39, 0.29) is 0 Å². The maximum Gasteiger partial charge on any atom is 0.335 e. The van der Waals surface area contributed by atoms with Crippen molar-refractivity contribution in [1.29, 1.82) is 0 Å². The molecule has 0 heterocycles. The van der Waals surface area contributed by atoms with Gasteiger partial charge in [-0.2, -0.15) is 11.1 Å². The maximum atomic E-state index is 11.0. The number of carbonyl (C=O) groups is 1. The zero-order valence-corrected chi connectivity index (χ0v) is 12.1. The molecule has 4 heteroatoms. The minimum atomic E-state index is -1.71. The molecule has 0 radical (unpaired) electrons. The second-order valence-corrected chi connectivity index (χ2v) is 11.4. The van der Waals surface area contributed by atoms with Gasteiger partial charge in [0.15, 0.2) is 7.38 Å². The van der Waals surface area contributed by atoms with Gasteiger partial charge in [-0.05, 0) is 23.2 Å². The van der Waals surface area contributed by atoms with Gasteiger partial charge in [0.05, 0.1) is 0 Å². The summed E-state index contributed by atoms with van der Waals surface area (Å²) in [4.78, 5) is 11.0. The van der Waals surface area contributed by atoms with Crippen molar-refractivity contribution in [1.82, 2.24) is 0 Å². The highest BCUT2D eigenvalue weighted by molar-refractivity contribution is 7.19. The van der Waals surface area contributed by atoms with Crippen molar-refractivity contribution in [2.75, 3.05) is 0 Å². The molecule has 0 spiro atoms. The van der Waals surface area contributed by atoms with Crippen LogP contribution in [0.4, 0.5) is 0 Å². The summed E-state index contributed by atoms with van der Waals surface area (Å²) in [7, 11) is -1.71. The molecule has 1 aromatic rings. The van der Waals surface area contributed by atoms with Crippen molar-refractivity contribution in [3.05, 3.63) is 42.5 Å². The zero-order valence-electron chi connectivity index (χ0n) is 10.4. The fraction of sp³-hybridized carbons (Fsp3) is 0.308. The number of hydrogen-bond donors (Lipinski definition) is 0. The van der Waals surface area contributed by atoms with Crippen molar-refractivity contribution in [3.63, 3.8) is 0 Å². The summed E-state index contributed by atoms with van der Waals surface area (Å²) in [5.41, 5.74) is 1.53. The Bertz CT molecular complexity index is 406. The summed E-state index contributed by atoms with van der Waals surface area (Å²) < 4.78 is 5.01. The van der Waals surface area contributed by atoms with E-state index in [9.17, 15) is 4.79 Å². The summed E-state index contributed by atoms with van der Waals surface area (Å²) in [6.07, 6.45) is 1.14. The predicted molar refractivity (Wildman–Crippen MR) is 74.0 cm³/mol. The third-order valence-corrected chi connectivity index (χ3v) is 6.17. The Morgan fingerprint density at radius 1 is 1.41 bits per heavy atom. The first-order chi connectivity index (χ1) is 7.84. The topological polar surface area (TPSA) is 26.3 Å². The number of rotatable bonds is 4. The van der Waals surface area contributed by atoms with Gasteiger partial charge in [0.2, 0.25) is 0 Å². The van der Waals surface area contributed by atoms with Gasteiger partial charge < -0.3 is 4.74 Å². The van der Waals surface area contributed by atoms with Gasteiger partial charge in [0.25, 0.3) is 0 Å². The lowest BCUT2D eigenvalue weighted by Gasteiger charge is -2.22. The van der Waals surface area contributed by atoms with Gasteiger partial charge in [0.1, 0.15) is 5.75 Å². The Morgan fingerprint density at radius 2 is 1.94 bits per heavy atom. The lowest BCUT2D eigenvalue weighted by Crippen LogP contribution is -2.25. The molecule has 0 bridgehead atoms. The smallest absolute Gasteiger partial charge is 0.335 e. The van der Waals surface area contributed by atoms with Crippen LogP contribution in [0, 0.1) is 0 Å². The van der Waals surface area contributed by atoms with E-state index < -0.39 is 13.4 Å². The van der Waals surface area contributed by atoms with Crippen LogP contribution >= 0.6 is 11.1 Å². The van der Waals surface area contributed by atoms with Crippen LogP contribution in [-0.2, 0) is 4.79 Å². The van der Waals surface area contributed by atoms with Crippen LogP contribution in [-0.4, -0.2) is 13.4 Å². The van der Waals surface area contributed by atoms with Gasteiger partial charge in [-0.15, -0.1) is 0 Å². The largest absolute Gasteiger partial charge is 0.423 e. The van der Waals surface area contributed by atoms with Crippen LogP contribution in [0.15, 0.2) is 36.9 Å². The standard InChI is InChI=1S/C13H17ClO2Si/c1-5-13(15)16-12-8-6-11(7-9-12)10(2)17(3,4)14/h5-10H,1H2,2-4H3. The van der Waals surface area contributed by atoms with Crippen LogP contribution in [0.3, 0.4) is 0 Å². The van der Waals surface area contributed by atoms with Crippen molar-refractivity contribution in [3.8, 4) is 5.75 Å². The second-order valence-electron chi connectivity index (χ2n) is 4.48. The summed E-state index contributed by atoms with van der Waals surface area (Å²) in [5, 5.41) is 0. The number of hydrogen-bond acceptors (Lipinski definition) is 2. The van der Waals surface area contributed by atoms with Gasteiger partial charge in [-0.3, -0.25) is 0 Å². The molecule has 1 atom stereocenters. The lowest BCUT2D eigenvalue weighted by molar-refractivity contribution is -0.128. The molecule has 0 aliphatic rings. The first kappa shape index (κ1) is 14.0. The highest BCUT2D eigenvalue weighted by Gasteiger charge is 2.27. The number of halogens is 1. The van der Waals surface area contributed by atoms with Crippen molar-refractivity contribution in [2.45, 2.75) is 25.6 Å². The average molecular weight is 269 g/mol. The Hall–Kier alpha value is -1.06. The Balaban J connectivity index is 2.81. The highest BCUT2D eigenvalue weighted by atomic mass is 35.6. The molecule has 0 aliphatic carbocycles. The van der Waals surface area contributed by atoms with Gasteiger partial charge in [-0.25, -0.2) is 4.79 Å². The van der Waals surface area contributed by atoms with Crippen molar-refractivity contribution >= 4 is 24.4 Å². The highest BCUT2D eigenvalue weighted by Crippen LogP contribution is 2.30. The molecule has 1 unspecified atom stereocenters. The van der Waals surface area contributed by atoms with E-state index in [1.54, 1.807) is 12.1 Å². The van der Waals surface area contributed by atoms with E-state index in [1.807, 2.05) is 12.1 Å². The Morgan fingerprint density at radius 3 is 2.35 bits per heavy atom. The molecule has 1 aromatic carbocycles. The fourth-order valence-corrected chi connectivity index (χ4v) is 2.74. The molecule has 0 fully saturated rings. The van der Waals surface area contributed by atoms with Gasteiger partial charge >= 0.3 is 5.97 Å². The number of esters is 1. The molecule has 0 saturated heterocycles. The minimum Gasteiger partial charge on any atom is -0.423 e. The molecule has 2 nitrogen and oxygen atoms in total. The van der Waals surface area contributed by atoms with Crippen LogP contribution in [0.25, 0.3) is 0 Å². The van der Waals surface area contributed by atoms with E-state index in [4.69, 9.17) is 15.8 Å². The molecule has 0 amide bonds. The van der Waals surface area contributed by atoms with E-state index in [0.717, 1.165) is 6.08 Å². The molecule has 0 saturated carbocycles. The number of carbonyl (C=O) groups excluding carboxylic acids is 1. The third-order valence-electron chi connectivity index (χ3n) is 2.79. The first-order valence-electron chi connectivity index (χ1n) is 5.47. The molecule has 1 rings (SSSR count). The molecule has 0 aromatic heterocycles. The summed E-state index contributed by atoms with van der Waals surface area (Å²) in [6.45, 7) is 9.71. The van der Waals surface area contributed by atoms with Crippen LogP contribution in [0.5, 0.6) is 5.75 Å². The fourth-order valence-electron chi connectivity index (χ4n) is 1.38. The Labute approximate surface area is 108 Å². The summed E-state index contributed by atoms with van der Waals surface area (Å²) in [6, 6.07) is 7.47. The quantitative estimate of drug-likeness (QED) is 0.272. The maximum absolute atomic E-state index is 11.0. The third kappa shape index (κ3) is 4.02. The molecule has 92 valence electrons. The summed E-state index contributed by atoms with van der Waals surface area (Å²) in [5.74, 6) is 0.0812. The molecular formula is C13H17ClO2Si. The predicted octanol–water partition coefficient (Wildman–Crippen LogP) is 3.86. The SMILES string of the molecule is C=CC(=O)Oc1ccc(C(C)[Si](C)(C)Cl)cc1. The average Bonchev–Trinajstić information content (AvgIpc) is 2.27. The van der Waals surface area contributed by atoms with Crippen LogP contribution in [0.2, 0.25) is 13.1 Å².